The third-order valence-electron chi connectivity index (χ3n) is 5.08. The standard InChI is InChI=1S/C22H25F5N4O3/c1-21(2,3)34-20(32)29-15-7-17(31-9-11-8-28-30-16(11)10-31)19(22(25,26)27)33-18(15)13-6-12(23)4-5-14(13)24/h4-6,8,15,17-19H,7,9-10H2,1-3H3,(H,28,30)(H,29,32)/t15-,17?,18+,19?/m0/s1/i7D2,17D,19D. The summed E-state index contributed by atoms with van der Waals surface area (Å²) in [7, 11) is 0. The van der Waals surface area contributed by atoms with Gasteiger partial charge in [0.2, 0.25) is 0 Å². The maximum absolute atomic E-state index is 14.8. The van der Waals surface area contributed by atoms with Gasteiger partial charge >= 0.3 is 12.3 Å². The molecular formula is C22H25F5N4O3. The summed E-state index contributed by atoms with van der Waals surface area (Å²) in [6.07, 6.45) is -15.9. The van der Waals surface area contributed by atoms with E-state index >= 15 is 0 Å². The number of alkyl halides is 3. The van der Waals surface area contributed by atoms with E-state index in [1.165, 1.54) is 27.0 Å². The van der Waals surface area contributed by atoms with E-state index in [1.54, 1.807) is 0 Å². The third kappa shape index (κ3) is 5.17. The van der Waals surface area contributed by atoms with Gasteiger partial charge in [-0.1, -0.05) is 0 Å². The van der Waals surface area contributed by atoms with Gasteiger partial charge in [0.25, 0.3) is 0 Å². The molecule has 2 unspecified atom stereocenters. The predicted molar refractivity (Wildman–Crippen MR) is 109 cm³/mol. The molecule has 3 heterocycles. The average molecular weight is 492 g/mol. The molecule has 1 amide bonds. The Hall–Kier alpha value is -2.73. The topological polar surface area (TPSA) is 79.5 Å². The third-order valence-corrected chi connectivity index (χ3v) is 5.08. The fraction of sp³-hybridized carbons (Fsp3) is 0.545. The number of aromatic amines is 1. The highest BCUT2D eigenvalue weighted by atomic mass is 19.4. The van der Waals surface area contributed by atoms with Gasteiger partial charge in [0.15, 0.2) is 6.08 Å². The number of carbonyl (C=O) groups excluding carboxylic acids is 1. The number of fused-ring (bicyclic) bond motifs is 1. The lowest BCUT2D eigenvalue weighted by molar-refractivity contribution is -0.270. The van der Waals surface area contributed by atoms with Gasteiger partial charge in [-0.2, -0.15) is 18.3 Å². The number of alkyl carbamates (subject to hydrolysis) is 1. The number of hydrogen-bond acceptors (Lipinski definition) is 5. The minimum atomic E-state index is -5.70. The van der Waals surface area contributed by atoms with Gasteiger partial charge in [-0.3, -0.25) is 10.00 Å². The van der Waals surface area contributed by atoms with Crippen LogP contribution in [0.3, 0.4) is 0 Å². The summed E-state index contributed by atoms with van der Waals surface area (Å²) in [4.78, 5) is 13.4. The normalized spacial score (nSPS) is 33.3. The van der Waals surface area contributed by atoms with Gasteiger partial charge in [-0.25, -0.2) is 13.6 Å². The number of aromatic nitrogens is 2. The van der Waals surface area contributed by atoms with Crippen molar-refractivity contribution in [3.63, 3.8) is 0 Å². The van der Waals surface area contributed by atoms with Crippen LogP contribution < -0.4 is 5.32 Å². The van der Waals surface area contributed by atoms with E-state index in [4.69, 9.17) is 15.0 Å². The molecule has 2 aromatic rings. The Morgan fingerprint density at radius 2 is 2.06 bits per heavy atom. The Morgan fingerprint density at radius 1 is 1.32 bits per heavy atom. The van der Waals surface area contributed by atoms with Crippen LogP contribution in [0, 0.1) is 11.6 Å². The van der Waals surface area contributed by atoms with Gasteiger partial charge in [-0.05, 0) is 45.3 Å². The van der Waals surface area contributed by atoms with E-state index < -0.39 is 78.8 Å². The molecule has 0 saturated carbocycles. The molecule has 4 rings (SSSR count). The summed E-state index contributed by atoms with van der Waals surface area (Å²) in [5.74, 6) is -2.36. The Balaban J connectivity index is 1.90. The second kappa shape index (κ2) is 8.81. The lowest BCUT2D eigenvalue weighted by Gasteiger charge is -2.45. The number of H-pyrrole nitrogens is 1. The predicted octanol–water partition coefficient (Wildman–Crippen LogP) is 4.36. The van der Waals surface area contributed by atoms with Crippen LogP contribution in [0.5, 0.6) is 0 Å². The van der Waals surface area contributed by atoms with Crippen molar-refractivity contribution in [1.29, 1.82) is 0 Å². The highest BCUT2D eigenvalue weighted by molar-refractivity contribution is 5.68. The van der Waals surface area contributed by atoms with Crippen molar-refractivity contribution >= 4 is 6.09 Å². The molecule has 1 saturated heterocycles. The van der Waals surface area contributed by atoms with Gasteiger partial charge in [-0.15, -0.1) is 0 Å². The van der Waals surface area contributed by atoms with Crippen molar-refractivity contribution in [3.8, 4) is 0 Å². The van der Waals surface area contributed by atoms with E-state index in [2.05, 4.69) is 15.5 Å². The van der Waals surface area contributed by atoms with Crippen molar-refractivity contribution < 1.29 is 41.7 Å². The molecule has 0 spiro atoms. The molecule has 34 heavy (non-hydrogen) atoms. The first-order chi connectivity index (χ1) is 17.3. The average Bonchev–Trinajstić information content (AvgIpc) is 3.36. The van der Waals surface area contributed by atoms with Crippen LogP contribution in [0.2, 0.25) is 0 Å². The zero-order chi connectivity index (χ0) is 28.5. The molecule has 7 nitrogen and oxygen atoms in total. The Kier molecular flexibility index (Phi) is 5.07. The minimum Gasteiger partial charge on any atom is -0.444 e. The number of amides is 1. The highest BCUT2D eigenvalue weighted by Crippen LogP contribution is 2.43. The summed E-state index contributed by atoms with van der Waals surface area (Å²) >= 11 is 0. The first-order valence-corrected chi connectivity index (χ1v) is 10.3. The second-order valence-corrected chi connectivity index (χ2v) is 8.88. The summed E-state index contributed by atoms with van der Waals surface area (Å²) in [6.45, 7) is 3.58. The molecule has 0 aliphatic carbocycles. The minimum absolute atomic E-state index is 0.298. The fourth-order valence-electron chi connectivity index (χ4n) is 3.72. The SMILES string of the molecule is [2H]C1([2H])[C@H](NC(=O)OC(C)(C)C)[C@@H](c2cc(F)ccc2F)OC([2H])(C(F)(F)F)C1([2H])N1Cc2cn[nH]c2C1. The van der Waals surface area contributed by atoms with Crippen molar-refractivity contribution in [3.05, 3.63) is 52.9 Å². The first kappa shape index (κ1) is 19.6. The number of nitrogens with one attached hydrogen (secondary N) is 2. The number of halogens is 5. The largest absolute Gasteiger partial charge is 0.444 e. The van der Waals surface area contributed by atoms with Crippen molar-refractivity contribution in [2.24, 2.45) is 0 Å². The number of ether oxygens (including phenoxy) is 2. The maximum atomic E-state index is 14.8. The smallest absolute Gasteiger partial charge is 0.416 e. The first-order valence-electron chi connectivity index (χ1n) is 12.3. The van der Waals surface area contributed by atoms with Gasteiger partial charge < -0.3 is 14.8 Å². The molecular weight excluding hydrogens is 463 g/mol. The quantitative estimate of drug-likeness (QED) is 0.623. The zero-order valence-corrected chi connectivity index (χ0v) is 18.4. The zero-order valence-electron chi connectivity index (χ0n) is 22.4. The van der Waals surface area contributed by atoms with Crippen LogP contribution in [-0.4, -0.2) is 51.1 Å². The van der Waals surface area contributed by atoms with E-state index in [0.29, 0.717) is 29.5 Å². The fourth-order valence-corrected chi connectivity index (χ4v) is 3.72. The highest BCUT2D eigenvalue weighted by Gasteiger charge is 2.55. The monoisotopic (exact) mass is 492 g/mol. The van der Waals surface area contributed by atoms with Gasteiger partial charge in [0, 0.05) is 34.3 Å². The molecule has 0 bridgehead atoms. The number of hydrogen-bond donors (Lipinski definition) is 2. The van der Waals surface area contributed by atoms with Crippen molar-refractivity contribution in [2.45, 2.75) is 76.3 Å². The van der Waals surface area contributed by atoms with Crippen LogP contribution in [0.25, 0.3) is 0 Å². The molecule has 2 aliphatic rings. The maximum Gasteiger partial charge on any atom is 0.416 e. The lowest BCUT2D eigenvalue weighted by atomic mass is 9.88. The van der Waals surface area contributed by atoms with Crippen LogP contribution in [-0.2, 0) is 22.6 Å². The number of carbonyl (C=O) groups is 1. The second-order valence-electron chi connectivity index (χ2n) is 8.88. The lowest BCUT2D eigenvalue weighted by Crippen LogP contribution is -2.59. The van der Waals surface area contributed by atoms with Crippen molar-refractivity contribution in [1.82, 2.24) is 20.4 Å². The molecule has 2 aliphatic heterocycles. The summed E-state index contributed by atoms with van der Waals surface area (Å²) in [5, 5.41) is 8.40. The molecule has 2 N–H and O–H groups in total. The molecule has 4 atom stereocenters. The molecule has 1 aromatic carbocycles. The summed E-state index contributed by atoms with van der Waals surface area (Å²) in [5.41, 5.74) is -1.34. The van der Waals surface area contributed by atoms with Crippen LogP contribution in [0.4, 0.5) is 26.7 Å². The Labute approximate surface area is 198 Å². The van der Waals surface area contributed by atoms with E-state index in [1.807, 2.05) is 0 Å². The molecule has 12 heteroatoms. The molecule has 186 valence electrons. The number of nitrogens with zero attached hydrogens (tertiary/aromatic N) is 2. The number of benzene rings is 1. The van der Waals surface area contributed by atoms with E-state index in [9.17, 15) is 26.7 Å². The van der Waals surface area contributed by atoms with Crippen LogP contribution >= 0.6 is 0 Å². The Morgan fingerprint density at radius 3 is 2.71 bits per heavy atom. The molecule has 1 fully saturated rings. The summed E-state index contributed by atoms with van der Waals surface area (Å²) in [6, 6.07) is -4.04. The van der Waals surface area contributed by atoms with Gasteiger partial charge in [0.1, 0.15) is 23.3 Å². The summed E-state index contributed by atoms with van der Waals surface area (Å²) < 4.78 is 118. The van der Waals surface area contributed by atoms with Crippen molar-refractivity contribution in [2.75, 3.05) is 0 Å². The molecule has 1 aromatic heterocycles. The van der Waals surface area contributed by atoms with E-state index in [0.717, 1.165) is 4.90 Å². The Bertz CT molecular complexity index is 1220. The van der Waals surface area contributed by atoms with E-state index in [-0.39, 0.29) is 0 Å². The van der Waals surface area contributed by atoms with Crippen LogP contribution in [0.1, 0.15) is 55.6 Å². The van der Waals surface area contributed by atoms with Crippen LogP contribution in [0.15, 0.2) is 24.4 Å². The van der Waals surface area contributed by atoms with Gasteiger partial charge in [0.05, 0.1) is 19.3 Å². The number of rotatable bonds is 3. The molecule has 0 radical (unpaired) electrons.